The molecule has 5 nitrogen and oxygen atoms in total. The Bertz CT molecular complexity index is 802. The van der Waals surface area contributed by atoms with Crippen molar-refractivity contribution in [3.05, 3.63) is 59.4 Å². The van der Waals surface area contributed by atoms with Crippen LogP contribution >= 0.6 is 0 Å². The van der Waals surface area contributed by atoms with Crippen LogP contribution in [-0.2, 0) is 10.0 Å². The zero-order chi connectivity index (χ0) is 16.3. The number of sulfonamides is 1. The summed E-state index contributed by atoms with van der Waals surface area (Å²) in [7, 11) is -3.43. The monoisotopic (exact) mass is 322 g/mol. The van der Waals surface area contributed by atoms with Crippen molar-refractivity contribution in [1.82, 2.24) is 0 Å². The Balaban J connectivity index is 2.26. The fourth-order valence-corrected chi connectivity index (χ4v) is 2.54. The van der Waals surface area contributed by atoms with Gasteiger partial charge in [-0.05, 0) is 48.9 Å². The molecule has 0 spiro atoms. The molecule has 2 N–H and O–H groups in total. The lowest BCUT2D eigenvalue weighted by molar-refractivity contribution is 0.102. The summed E-state index contributed by atoms with van der Waals surface area (Å²) in [5, 5.41) is 2.63. The topological polar surface area (TPSA) is 75.3 Å². The van der Waals surface area contributed by atoms with E-state index in [2.05, 4.69) is 10.0 Å². The molecule has 0 atom stereocenters. The maximum absolute atomic E-state index is 12.8. The van der Waals surface area contributed by atoms with E-state index in [9.17, 15) is 17.6 Å². The van der Waals surface area contributed by atoms with Crippen molar-refractivity contribution in [3.8, 4) is 0 Å². The fraction of sp³-hybridized carbons (Fsp3) is 0.133. The number of hydrogen-bond donors (Lipinski definition) is 2. The van der Waals surface area contributed by atoms with Gasteiger partial charge in [-0.1, -0.05) is 6.07 Å². The Kier molecular flexibility index (Phi) is 4.46. The third-order valence-corrected chi connectivity index (χ3v) is 3.57. The van der Waals surface area contributed by atoms with E-state index < -0.39 is 21.7 Å². The third-order valence-electron chi connectivity index (χ3n) is 2.98. The van der Waals surface area contributed by atoms with Crippen LogP contribution in [0.3, 0.4) is 0 Å². The number of nitrogens with one attached hydrogen (secondary N) is 2. The zero-order valence-electron chi connectivity index (χ0n) is 12.1. The van der Waals surface area contributed by atoms with Gasteiger partial charge in [-0.15, -0.1) is 0 Å². The lowest BCUT2D eigenvalue weighted by Crippen LogP contribution is -2.16. The van der Waals surface area contributed by atoms with Gasteiger partial charge in [-0.2, -0.15) is 0 Å². The van der Waals surface area contributed by atoms with E-state index in [1.807, 2.05) is 0 Å². The first-order valence-electron chi connectivity index (χ1n) is 6.40. The van der Waals surface area contributed by atoms with E-state index in [4.69, 9.17) is 0 Å². The van der Waals surface area contributed by atoms with Gasteiger partial charge in [0.15, 0.2) is 0 Å². The molecule has 0 aromatic heterocycles. The summed E-state index contributed by atoms with van der Waals surface area (Å²) in [4.78, 5) is 12.3. The van der Waals surface area contributed by atoms with Crippen LogP contribution in [-0.4, -0.2) is 20.6 Å². The van der Waals surface area contributed by atoms with E-state index in [0.29, 0.717) is 22.5 Å². The van der Waals surface area contributed by atoms with Crippen LogP contribution in [0.1, 0.15) is 15.9 Å². The molecule has 1 amide bonds. The molecule has 2 aromatic carbocycles. The van der Waals surface area contributed by atoms with Crippen molar-refractivity contribution in [2.45, 2.75) is 6.92 Å². The van der Waals surface area contributed by atoms with Gasteiger partial charge in [-0.25, -0.2) is 12.8 Å². The number of carbonyl (C=O) groups is 1. The van der Waals surface area contributed by atoms with Crippen molar-refractivity contribution in [2.75, 3.05) is 16.3 Å². The smallest absolute Gasteiger partial charge is 0.256 e. The first-order valence-corrected chi connectivity index (χ1v) is 8.30. The zero-order valence-corrected chi connectivity index (χ0v) is 12.9. The molecule has 0 unspecified atom stereocenters. The average Bonchev–Trinajstić information content (AvgIpc) is 2.42. The summed E-state index contributed by atoms with van der Waals surface area (Å²) in [5.74, 6) is -0.796. The van der Waals surface area contributed by atoms with Crippen molar-refractivity contribution in [3.63, 3.8) is 0 Å². The van der Waals surface area contributed by atoms with Crippen LogP contribution in [0.4, 0.5) is 15.8 Å². The van der Waals surface area contributed by atoms with Crippen LogP contribution < -0.4 is 10.0 Å². The lowest BCUT2D eigenvalue weighted by atomic mass is 10.1. The van der Waals surface area contributed by atoms with Crippen LogP contribution in [0.25, 0.3) is 0 Å². The predicted molar refractivity (Wildman–Crippen MR) is 84.0 cm³/mol. The molecule has 0 bridgehead atoms. The molecule has 7 heteroatoms. The molecule has 0 heterocycles. The highest BCUT2D eigenvalue weighted by molar-refractivity contribution is 7.92. The largest absolute Gasteiger partial charge is 0.322 e. The minimum Gasteiger partial charge on any atom is -0.322 e. The van der Waals surface area contributed by atoms with Gasteiger partial charge in [0.05, 0.1) is 11.9 Å². The number of anilines is 2. The highest BCUT2D eigenvalue weighted by atomic mass is 32.2. The summed E-state index contributed by atoms with van der Waals surface area (Å²) in [6.07, 6.45) is 1.04. The van der Waals surface area contributed by atoms with Gasteiger partial charge in [0.2, 0.25) is 10.0 Å². The highest BCUT2D eigenvalue weighted by Crippen LogP contribution is 2.21. The van der Waals surface area contributed by atoms with Gasteiger partial charge in [-0.3, -0.25) is 9.52 Å². The van der Waals surface area contributed by atoms with Crippen molar-refractivity contribution in [2.24, 2.45) is 0 Å². The number of rotatable bonds is 4. The predicted octanol–water partition coefficient (Wildman–Crippen LogP) is 2.76. The van der Waals surface area contributed by atoms with Crippen LogP contribution in [0.2, 0.25) is 0 Å². The van der Waals surface area contributed by atoms with Crippen LogP contribution in [0.15, 0.2) is 42.5 Å². The van der Waals surface area contributed by atoms with Gasteiger partial charge >= 0.3 is 0 Å². The van der Waals surface area contributed by atoms with Gasteiger partial charge in [0.25, 0.3) is 5.91 Å². The SMILES string of the molecule is Cc1c(NS(C)(=O)=O)cccc1C(=O)Nc1ccc(F)cc1. The molecule has 22 heavy (non-hydrogen) atoms. The second kappa shape index (κ2) is 6.15. The van der Waals surface area contributed by atoms with Gasteiger partial charge in [0, 0.05) is 11.3 Å². The van der Waals surface area contributed by atoms with E-state index in [-0.39, 0.29) is 0 Å². The van der Waals surface area contributed by atoms with Crippen molar-refractivity contribution < 1.29 is 17.6 Å². The van der Waals surface area contributed by atoms with Crippen LogP contribution in [0.5, 0.6) is 0 Å². The maximum Gasteiger partial charge on any atom is 0.256 e. The minimum atomic E-state index is -3.43. The third kappa shape index (κ3) is 4.05. The molecule has 0 radical (unpaired) electrons. The molecule has 116 valence electrons. The fourth-order valence-electron chi connectivity index (χ4n) is 1.92. The first kappa shape index (κ1) is 16.0. The van der Waals surface area contributed by atoms with E-state index in [1.54, 1.807) is 25.1 Å². The number of hydrogen-bond acceptors (Lipinski definition) is 3. The van der Waals surface area contributed by atoms with Crippen LogP contribution in [0, 0.1) is 12.7 Å². The standard InChI is InChI=1S/C15H15FN2O3S/c1-10-13(4-3-5-14(10)18-22(2,20)21)15(19)17-12-8-6-11(16)7-9-12/h3-9,18H,1-2H3,(H,17,19). The van der Waals surface area contributed by atoms with Crippen molar-refractivity contribution in [1.29, 1.82) is 0 Å². The molecule has 0 aliphatic heterocycles. The molecule has 0 aliphatic rings. The number of amides is 1. The number of benzene rings is 2. The molecule has 2 rings (SSSR count). The number of carbonyl (C=O) groups excluding carboxylic acids is 1. The van der Waals surface area contributed by atoms with Crippen molar-refractivity contribution >= 4 is 27.3 Å². The molecule has 2 aromatic rings. The Morgan fingerprint density at radius 1 is 1.09 bits per heavy atom. The number of halogens is 1. The van der Waals surface area contributed by atoms with Gasteiger partial charge < -0.3 is 5.32 Å². The minimum absolute atomic E-state index is 0.331. The molecular weight excluding hydrogens is 307 g/mol. The second-order valence-corrected chi connectivity index (χ2v) is 6.56. The Morgan fingerprint density at radius 2 is 1.73 bits per heavy atom. The molecule has 0 saturated heterocycles. The maximum atomic E-state index is 12.8. The molecule has 0 aliphatic carbocycles. The Morgan fingerprint density at radius 3 is 2.32 bits per heavy atom. The summed E-state index contributed by atoms with van der Waals surface area (Å²) >= 11 is 0. The van der Waals surface area contributed by atoms with E-state index in [0.717, 1.165) is 6.26 Å². The second-order valence-electron chi connectivity index (χ2n) is 4.81. The molecule has 0 saturated carbocycles. The summed E-state index contributed by atoms with van der Waals surface area (Å²) in [6.45, 7) is 1.65. The van der Waals surface area contributed by atoms with E-state index >= 15 is 0 Å². The van der Waals surface area contributed by atoms with Gasteiger partial charge in [0.1, 0.15) is 5.82 Å². The molecule has 0 fully saturated rings. The summed E-state index contributed by atoms with van der Waals surface area (Å²) < 4.78 is 37.8. The Hall–Kier alpha value is -2.41. The first-order chi connectivity index (χ1) is 10.3. The quantitative estimate of drug-likeness (QED) is 0.909. The Labute approximate surface area is 128 Å². The summed E-state index contributed by atoms with van der Waals surface area (Å²) in [5.41, 5.74) is 1.63. The normalized spacial score (nSPS) is 11.0. The summed E-state index contributed by atoms with van der Waals surface area (Å²) in [6, 6.07) is 10.1. The lowest BCUT2D eigenvalue weighted by Gasteiger charge is -2.12. The molecular formula is C15H15FN2O3S. The van der Waals surface area contributed by atoms with E-state index in [1.165, 1.54) is 24.3 Å². The average molecular weight is 322 g/mol. The highest BCUT2D eigenvalue weighted by Gasteiger charge is 2.13.